The first-order valence-corrected chi connectivity index (χ1v) is 4.46. The Morgan fingerprint density at radius 2 is 1.38 bits per heavy atom. The van der Waals surface area contributed by atoms with Crippen LogP contribution < -0.4 is 0 Å². The maximum absolute atomic E-state index is 11.3. The molecule has 0 atom stereocenters. The Balaban J connectivity index is 4.89. The van der Waals surface area contributed by atoms with Crippen molar-refractivity contribution in [2.45, 2.75) is 41.5 Å². The van der Waals surface area contributed by atoms with Gasteiger partial charge >= 0.3 is 5.97 Å². The maximum Gasteiger partial charge on any atom is 0.346 e. The van der Waals surface area contributed by atoms with Gasteiger partial charge in [0.1, 0.15) is 0 Å². The molecule has 78 valence electrons. The van der Waals surface area contributed by atoms with Crippen LogP contribution >= 0.6 is 0 Å². The Bertz CT molecular complexity index is 169. The third kappa shape index (κ3) is 3.35. The normalized spacial score (nSPS) is 13.2. The van der Waals surface area contributed by atoms with Gasteiger partial charge in [-0.2, -0.15) is 5.26 Å². The van der Waals surface area contributed by atoms with E-state index in [1.807, 2.05) is 41.5 Å². The van der Waals surface area contributed by atoms with Crippen molar-refractivity contribution in [3.63, 3.8) is 0 Å². The van der Waals surface area contributed by atoms with Crippen LogP contribution in [0, 0.1) is 16.7 Å². The summed E-state index contributed by atoms with van der Waals surface area (Å²) < 4.78 is 0. The van der Waals surface area contributed by atoms with Gasteiger partial charge in [0.2, 0.25) is 0 Å². The second-order valence-electron chi connectivity index (χ2n) is 5.58. The first kappa shape index (κ1) is 12.4. The summed E-state index contributed by atoms with van der Waals surface area (Å²) in [6.45, 7) is 11.7. The topological polar surface area (TPSA) is 46.5 Å². The van der Waals surface area contributed by atoms with E-state index >= 15 is 0 Å². The van der Waals surface area contributed by atoms with Crippen molar-refractivity contribution in [3.8, 4) is 0 Å². The van der Waals surface area contributed by atoms with E-state index in [4.69, 9.17) is 5.26 Å². The molecule has 0 aromatic rings. The van der Waals surface area contributed by atoms with Gasteiger partial charge in [0.15, 0.2) is 0 Å². The van der Waals surface area contributed by atoms with Crippen LogP contribution in [0.3, 0.4) is 0 Å². The van der Waals surface area contributed by atoms with Gasteiger partial charge in [-0.25, -0.2) is 4.79 Å². The molecule has 0 aromatic carbocycles. The molecule has 13 heavy (non-hydrogen) atoms. The molecule has 0 saturated carbocycles. The molecule has 0 rings (SSSR count). The molecular weight excluding hydrogens is 168 g/mol. The lowest BCUT2D eigenvalue weighted by Gasteiger charge is -2.37. The summed E-state index contributed by atoms with van der Waals surface area (Å²) >= 11 is 0. The van der Waals surface area contributed by atoms with Gasteiger partial charge in [-0.05, 0) is 10.8 Å². The van der Waals surface area contributed by atoms with Crippen molar-refractivity contribution >= 4 is 5.97 Å². The molecular formula is C10H20O3. The Labute approximate surface area is 80.0 Å². The highest BCUT2D eigenvalue weighted by molar-refractivity contribution is 5.73. The number of hydrogen-bond donors (Lipinski definition) is 1. The quantitative estimate of drug-likeness (QED) is 0.508. The van der Waals surface area contributed by atoms with Crippen LogP contribution in [0.2, 0.25) is 0 Å². The summed E-state index contributed by atoms with van der Waals surface area (Å²) in [5, 5.41) is 8.38. The molecule has 3 nitrogen and oxygen atoms in total. The van der Waals surface area contributed by atoms with Crippen LogP contribution in [0.1, 0.15) is 41.5 Å². The molecule has 0 amide bonds. The minimum absolute atomic E-state index is 0.210. The molecule has 0 aliphatic carbocycles. The summed E-state index contributed by atoms with van der Waals surface area (Å²) in [5.41, 5.74) is -0.421. The lowest BCUT2D eigenvalue weighted by atomic mass is 9.67. The Hall–Kier alpha value is -0.570. The third-order valence-electron chi connectivity index (χ3n) is 2.06. The number of carbonyl (C=O) groups is 1. The third-order valence-corrected chi connectivity index (χ3v) is 2.06. The van der Waals surface area contributed by atoms with E-state index in [2.05, 4.69) is 4.89 Å². The SMILES string of the molecule is CC(C)(C)C(C(=O)OO)C(C)(C)C. The smallest absolute Gasteiger partial charge is 0.301 e. The monoisotopic (exact) mass is 188 g/mol. The molecule has 0 aliphatic heterocycles. The molecule has 0 aromatic heterocycles. The van der Waals surface area contributed by atoms with E-state index in [1.54, 1.807) is 0 Å². The van der Waals surface area contributed by atoms with E-state index in [9.17, 15) is 4.79 Å². The standard InChI is InChI=1S/C10H20O3/c1-9(2,3)7(8(11)13-12)10(4,5)6/h7,12H,1-6H3. The van der Waals surface area contributed by atoms with Gasteiger partial charge in [0.05, 0.1) is 5.92 Å². The van der Waals surface area contributed by atoms with E-state index in [0.29, 0.717) is 0 Å². The molecule has 3 heteroatoms. The van der Waals surface area contributed by atoms with Gasteiger partial charge in [-0.1, -0.05) is 41.5 Å². The number of hydrogen-bond acceptors (Lipinski definition) is 3. The zero-order valence-electron chi connectivity index (χ0n) is 9.34. The van der Waals surface area contributed by atoms with Crippen LogP contribution in [0.25, 0.3) is 0 Å². The average molecular weight is 188 g/mol. The largest absolute Gasteiger partial charge is 0.346 e. The molecule has 1 N–H and O–H groups in total. The summed E-state index contributed by atoms with van der Waals surface area (Å²) in [4.78, 5) is 15.2. The Morgan fingerprint density at radius 1 is 1.08 bits per heavy atom. The summed E-state index contributed by atoms with van der Waals surface area (Å²) in [7, 11) is 0. The van der Waals surface area contributed by atoms with Crippen LogP contribution in [-0.4, -0.2) is 11.2 Å². The molecule has 0 bridgehead atoms. The molecule has 0 radical (unpaired) electrons. The zero-order chi connectivity index (χ0) is 10.9. The van der Waals surface area contributed by atoms with Crippen molar-refractivity contribution in [3.05, 3.63) is 0 Å². The molecule has 0 unspecified atom stereocenters. The highest BCUT2D eigenvalue weighted by Gasteiger charge is 2.41. The number of rotatable bonds is 1. The van der Waals surface area contributed by atoms with E-state index in [0.717, 1.165) is 0 Å². The first-order valence-electron chi connectivity index (χ1n) is 4.46. The molecule has 0 aliphatic rings. The zero-order valence-corrected chi connectivity index (χ0v) is 9.34. The van der Waals surface area contributed by atoms with Gasteiger partial charge < -0.3 is 4.89 Å². The summed E-state index contributed by atoms with van der Waals surface area (Å²) in [6.07, 6.45) is 0. The molecule has 0 spiro atoms. The van der Waals surface area contributed by atoms with Crippen LogP contribution in [-0.2, 0) is 9.68 Å². The fraction of sp³-hybridized carbons (Fsp3) is 0.900. The minimum Gasteiger partial charge on any atom is -0.301 e. The highest BCUT2D eigenvalue weighted by Crippen LogP contribution is 2.40. The highest BCUT2D eigenvalue weighted by atomic mass is 17.1. The van der Waals surface area contributed by atoms with Crippen molar-refractivity contribution in [1.29, 1.82) is 0 Å². The molecule has 0 saturated heterocycles. The van der Waals surface area contributed by atoms with Gasteiger partial charge in [-0.15, -0.1) is 0 Å². The Kier molecular flexibility index (Phi) is 3.50. The van der Waals surface area contributed by atoms with Crippen LogP contribution in [0.15, 0.2) is 0 Å². The summed E-state index contributed by atoms with van der Waals surface area (Å²) in [5.74, 6) is -0.870. The van der Waals surface area contributed by atoms with Gasteiger partial charge in [-0.3, -0.25) is 0 Å². The lowest BCUT2D eigenvalue weighted by molar-refractivity contribution is -0.246. The molecule has 0 fully saturated rings. The van der Waals surface area contributed by atoms with E-state index in [-0.39, 0.29) is 16.7 Å². The average Bonchev–Trinajstić information content (AvgIpc) is 1.80. The van der Waals surface area contributed by atoms with Crippen LogP contribution in [0.4, 0.5) is 0 Å². The number of carbonyl (C=O) groups excluding carboxylic acids is 1. The minimum atomic E-state index is -0.556. The van der Waals surface area contributed by atoms with E-state index < -0.39 is 5.97 Å². The van der Waals surface area contributed by atoms with Crippen molar-refractivity contribution in [1.82, 2.24) is 0 Å². The fourth-order valence-corrected chi connectivity index (χ4v) is 2.06. The Morgan fingerprint density at radius 3 is 1.46 bits per heavy atom. The van der Waals surface area contributed by atoms with Crippen molar-refractivity contribution < 1.29 is 14.9 Å². The van der Waals surface area contributed by atoms with Crippen molar-refractivity contribution in [2.75, 3.05) is 0 Å². The van der Waals surface area contributed by atoms with Crippen LogP contribution in [0.5, 0.6) is 0 Å². The van der Waals surface area contributed by atoms with Gasteiger partial charge in [0, 0.05) is 0 Å². The van der Waals surface area contributed by atoms with Crippen molar-refractivity contribution in [2.24, 2.45) is 16.7 Å². The van der Waals surface area contributed by atoms with E-state index in [1.165, 1.54) is 0 Å². The lowest BCUT2D eigenvalue weighted by Crippen LogP contribution is -2.39. The first-order chi connectivity index (χ1) is 5.60. The maximum atomic E-state index is 11.3. The molecule has 0 heterocycles. The summed E-state index contributed by atoms with van der Waals surface area (Å²) in [6, 6.07) is 0. The predicted molar refractivity (Wildman–Crippen MR) is 51.1 cm³/mol. The fourth-order valence-electron chi connectivity index (χ4n) is 2.06. The second kappa shape index (κ2) is 3.66. The predicted octanol–water partition coefficient (Wildman–Crippen LogP) is 2.71. The second-order valence-corrected chi connectivity index (χ2v) is 5.58. The van der Waals surface area contributed by atoms with Gasteiger partial charge in [0.25, 0.3) is 0 Å².